The summed E-state index contributed by atoms with van der Waals surface area (Å²) in [6, 6.07) is 15.9. The van der Waals surface area contributed by atoms with E-state index in [-0.39, 0.29) is 0 Å². The van der Waals surface area contributed by atoms with Crippen LogP contribution in [-0.4, -0.2) is 4.98 Å². The van der Waals surface area contributed by atoms with E-state index in [1.54, 1.807) is 0 Å². The van der Waals surface area contributed by atoms with Crippen LogP contribution in [0.4, 0.5) is 0 Å². The fourth-order valence-corrected chi connectivity index (χ4v) is 1.80. The molecule has 1 aromatic heterocycles. The van der Waals surface area contributed by atoms with Gasteiger partial charge in [0, 0.05) is 5.56 Å². The SMILES string of the molecule is CC.CCC.Cc1ccccc1-c1nc2ccccc2o1. The van der Waals surface area contributed by atoms with E-state index in [2.05, 4.69) is 31.8 Å². The smallest absolute Gasteiger partial charge is 0.227 e. The summed E-state index contributed by atoms with van der Waals surface area (Å²) in [5.74, 6) is 0.694. The molecule has 0 saturated carbocycles. The lowest BCUT2D eigenvalue weighted by atomic mass is 10.1. The van der Waals surface area contributed by atoms with Crippen molar-refractivity contribution in [1.82, 2.24) is 4.98 Å². The van der Waals surface area contributed by atoms with Crippen LogP contribution in [0.5, 0.6) is 0 Å². The van der Waals surface area contributed by atoms with Crippen LogP contribution in [0.3, 0.4) is 0 Å². The third-order valence-corrected chi connectivity index (χ3v) is 2.67. The highest BCUT2D eigenvalue weighted by molar-refractivity contribution is 5.76. The van der Waals surface area contributed by atoms with Gasteiger partial charge in [-0.25, -0.2) is 4.98 Å². The first kappa shape index (κ1) is 17.0. The normalized spacial score (nSPS) is 9.38. The standard InChI is InChI=1S/C14H11NO.C3H8.C2H6/c1-10-6-2-3-7-11(10)14-15-12-8-4-5-9-13(12)16-14;1-3-2;1-2/h2-9H,1H3;3H2,1-2H3;1-2H3. The summed E-state index contributed by atoms with van der Waals surface area (Å²) in [6.45, 7) is 10.3. The van der Waals surface area contributed by atoms with Crippen LogP contribution in [0.1, 0.15) is 39.7 Å². The van der Waals surface area contributed by atoms with Crippen LogP contribution >= 0.6 is 0 Å². The average molecular weight is 283 g/mol. The lowest BCUT2D eigenvalue weighted by molar-refractivity contribution is 0.619. The molecule has 2 nitrogen and oxygen atoms in total. The van der Waals surface area contributed by atoms with E-state index < -0.39 is 0 Å². The third kappa shape index (κ3) is 4.45. The van der Waals surface area contributed by atoms with Crippen LogP contribution in [0, 0.1) is 6.92 Å². The first-order chi connectivity index (χ1) is 10.3. The van der Waals surface area contributed by atoms with E-state index in [4.69, 9.17) is 4.42 Å². The predicted octanol–water partition coefficient (Wildman–Crippen LogP) is 6.25. The fourth-order valence-electron chi connectivity index (χ4n) is 1.80. The molecule has 0 N–H and O–H groups in total. The van der Waals surface area contributed by atoms with Crippen molar-refractivity contribution in [2.24, 2.45) is 0 Å². The summed E-state index contributed by atoms with van der Waals surface area (Å²) in [4.78, 5) is 4.48. The molecule has 0 saturated heterocycles. The molecule has 0 unspecified atom stereocenters. The Hall–Kier alpha value is -2.09. The van der Waals surface area contributed by atoms with Crippen LogP contribution in [0.25, 0.3) is 22.6 Å². The second kappa shape index (κ2) is 8.96. The van der Waals surface area contributed by atoms with Crippen molar-refractivity contribution in [3.8, 4) is 11.5 Å². The van der Waals surface area contributed by atoms with Gasteiger partial charge in [-0.3, -0.25) is 0 Å². The Kier molecular flexibility index (Phi) is 7.24. The molecule has 0 bridgehead atoms. The van der Waals surface area contributed by atoms with Crippen molar-refractivity contribution in [2.45, 2.75) is 41.0 Å². The second-order valence-electron chi connectivity index (χ2n) is 4.51. The van der Waals surface area contributed by atoms with Crippen LogP contribution in [0.15, 0.2) is 52.9 Å². The van der Waals surface area contributed by atoms with Crippen LogP contribution in [0.2, 0.25) is 0 Å². The van der Waals surface area contributed by atoms with Gasteiger partial charge in [-0.1, -0.05) is 64.4 Å². The van der Waals surface area contributed by atoms with Gasteiger partial charge < -0.3 is 4.42 Å². The highest BCUT2D eigenvalue weighted by atomic mass is 16.3. The molecule has 0 aliphatic carbocycles. The Labute approximate surface area is 127 Å². The van der Waals surface area contributed by atoms with Gasteiger partial charge in [0.05, 0.1) is 0 Å². The van der Waals surface area contributed by atoms with Crippen LogP contribution < -0.4 is 0 Å². The van der Waals surface area contributed by atoms with Gasteiger partial charge in [0.15, 0.2) is 5.58 Å². The first-order valence-corrected chi connectivity index (χ1v) is 7.67. The molecule has 2 heteroatoms. The quantitative estimate of drug-likeness (QED) is 0.528. The molecule has 1 heterocycles. The number of oxazole rings is 1. The third-order valence-electron chi connectivity index (χ3n) is 2.67. The maximum atomic E-state index is 5.72. The number of aromatic nitrogens is 1. The van der Waals surface area contributed by atoms with E-state index in [0.29, 0.717) is 5.89 Å². The van der Waals surface area contributed by atoms with Gasteiger partial charge in [0.1, 0.15) is 5.52 Å². The molecule has 0 radical (unpaired) electrons. The van der Waals surface area contributed by atoms with Gasteiger partial charge in [-0.2, -0.15) is 0 Å². The molecule has 0 aliphatic heterocycles. The zero-order chi connectivity index (χ0) is 15.7. The Balaban J connectivity index is 0.000000395. The zero-order valence-electron chi connectivity index (χ0n) is 13.7. The molecule has 2 aromatic carbocycles. The van der Waals surface area contributed by atoms with Gasteiger partial charge in [0.2, 0.25) is 5.89 Å². The summed E-state index contributed by atoms with van der Waals surface area (Å²) in [7, 11) is 0. The van der Waals surface area contributed by atoms with Gasteiger partial charge in [-0.05, 0) is 30.7 Å². The molecule has 0 atom stereocenters. The Bertz CT molecular complexity index is 622. The highest BCUT2D eigenvalue weighted by Gasteiger charge is 2.08. The van der Waals surface area contributed by atoms with Gasteiger partial charge in [-0.15, -0.1) is 0 Å². The topological polar surface area (TPSA) is 26.0 Å². The molecule has 0 spiro atoms. The lowest BCUT2D eigenvalue weighted by Crippen LogP contribution is -1.81. The maximum Gasteiger partial charge on any atom is 0.227 e. The van der Waals surface area contributed by atoms with Crippen molar-refractivity contribution >= 4 is 11.1 Å². The molecule has 3 rings (SSSR count). The Morgan fingerprint density at radius 1 is 0.905 bits per heavy atom. The largest absolute Gasteiger partial charge is 0.436 e. The minimum atomic E-state index is 0.694. The predicted molar refractivity (Wildman–Crippen MR) is 91.5 cm³/mol. The Morgan fingerprint density at radius 3 is 2.10 bits per heavy atom. The zero-order valence-corrected chi connectivity index (χ0v) is 13.7. The van der Waals surface area contributed by atoms with E-state index in [0.717, 1.165) is 16.7 Å². The first-order valence-electron chi connectivity index (χ1n) is 7.67. The van der Waals surface area contributed by atoms with Gasteiger partial charge >= 0.3 is 0 Å². The van der Waals surface area contributed by atoms with Crippen LogP contribution in [-0.2, 0) is 0 Å². The molecule has 112 valence electrons. The van der Waals surface area contributed by atoms with Crippen molar-refractivity contribution in [3.63, 3.8) is 0 Å². The summed E-state index contributed by atoms with van der Waals surface area (Å²) in [5, 5.41) is 0. The van der Waals surface area contributed by atoms with Crippen molar-refractivity contribution in [3.05, 3.63) is 54.1 Å². The van der Waals surface area contributed by atoms with E-state index in [1.165, 1.54) is 12.0 Å². The van der Waals surface area contributed by atoms with E-state index in [9.17, 15) is 0 Å². The van der Waals surface area contributed by atoms with Crippen molar-refractivity contribution in [2.75, 3.05) is 0 Å². The molecule has 3 aromatic rings. The molecule has 0 fully saturated rings. The number of rotatable bonds is 1. The Morgan fingerprint density at radius 2 is 1.48 bits per heavy atom. The maximum absolute atomic E-state index is 5.72. The number of hydrogen-bond acceptors (Lipinski definition) is 2. The number of para-hydroxylation sites is 2. The second-order valence-corrected chi connectivity index (χ2v) is 4.51. The fraction of sp³-hybridized carbons (Fsp3) is 0.316. The highest BCUT2D eigenvalue weighted by Crippen LogP contribution is 2.26. The number of aryl methyl sites for hydroxylation is 1. The van der Waals surface area contributed by atoms with Gasteiger partial charge in [0.25, 0.3) is 0 Å². The number of benzene rings is 2. The molecule has 21 heavy (non-hydrogen) atoms. The van der Waals surface area contributed by atoms with Crippen molar-refractivity contribution in [1.29, 1.82) is 0 Å². The minimum absolute atomic E-state index is 0.694. The summed E-state index contributed by atoms with van der Waals surface area (Å²) in [5.41, 5.74) is 3.97. The monoisotopic (exact) mass is 283 g/mol. The number of hydrogen-bond donors (Lipinski definition) is 0. The van der Waals surface area contributed by atoms with E-state index in [1.807, 2.05) is 56.3 Å². The van der Waals surface area contributed by atoms with Crippen molar-refractivity contribution < 1.29 is 4.42 Å². The lowest BCUT2D eigenvalue weighted by Gasteiger charge is -1.98. The molecular weight excluding hydrogens is 258 g/mol. The number of fused-ring (bicyclic) bond motifs is 1. The summed E-state index contributed by atoms with van der Waals surface area (Å²) in [6.07, 6.45) is 1.25. The summed E-state index contributed by atoms with van der Waals surface area (Å²) >= 11 is 0. The number of nitrogens with zero attached hydrogens (tertiary/aromatic N) is 1. The molecule has 0 amide bonds. The average Bonchev–Trinajstić information content (AvgIpc) is 2.94. The minimum Gasteiger partial charge on any atom is -0.436 e. The van der Waals surface area contributed by atoms with E-state index >= 15 is 0 Å². The molecule has 0 aliphatic rings. The molecular formula is C19H25NO. The summed E-state index contributed by atoms with van der Waals surface area (Å²) < 4.78 is 5.72.